The molecule has 0 aliphatic carbocycles. The molecular weight excluding hydrogens is 232 g/mol. The SMILES string of the molecule is O=c1[nH]c(=O)n2c(c1O)OC[C@H]1O[C@@H]2C[C@@H]1O. The largest absolute Gasteiger partial charge is 0.499 e. The first-order valence-corrected chi connectivity index (χ1v) is 5.12. The van der Waals surface area contributed by atoms with Crippen LogP contribution in [0.4, 0.5) is 0 Å². The molecule has 3 atom stereocenters. The number of nitrogens with one attached hydrogen (secondary N) is 1. The zero-order valence-corrected chi connectivity index (χ0v) is 8.62. The average molecular weight is 242 g/mol. The van der Waals surface area contributed by atoms with E-state index in [1.807, 2.05) is 4.98 Å². The van der Waals surface area contributed by atoms with Crippen molar-refractivity contribution >= 4 is 0 Å². The number of fused-ring (bicyclic) bond motifs is 4. The van der Waals surface area contributed by atoms with Crippen LogP contribution in [0.15, 0.2) is 9.59 Å². The predicted octanol–water partition coefficient (Wildman–Crippen LogP) is -1.72. The number of rotatable bonds is 0. The molecule has 2 aliphatic rings. The average Bonchev–Trinajstić information content (AvgIpc) is 2.51. The number of hydrogen-bond acceptors (Lipinski definition) is 6. The summed E-state index contributed by atoms with van der Waals surface area (Å²) in [5.74, 6) is -0.867. The van der Waals surface area contributed by atoms with Gasteiger partial charge in [-0.25, -0.2) is 9.36 Å². The van der Waals surface area contributed by atoms with Gasteiger partial charge in [-0.05, 0) is 0 Å². The van der Waals surface area contributed by atoms with Crippen molar-refractivity contribution in [3.8, 4) is 11.6 Å². The summed E-state index contributed by atoms with van der Waals surface area (Å²) < 4.78 is 11.6. The molecule has 3 rings (SSSR count). The molecule has 8 heteroatoms. The number of nitrogens with zero attached hydrogens (tertiary/aromatic N) is 1. The Bertz CT molecular complexity index is 576. The van der Waals surface area contributed by atoms with E-state index < -0.39 is 35.4 Å². The van der Waals surface area contributed by atoms with E-state index in [9.17, 15) is 19.8 Å². The third-order valence-electron chi connectivity index (χ3n) is 2.95. The van der Waals surface area contributed by atoms with Gasteiger partial charge < -0.3 is 19.7 Å². The van der Waals surface area contributed by atoms with E-state index >= 15 is 0 Å². The Balaban J connectivity index is 2.23. The summed E-state index contributed by atoms with van der Waals surface area (Å²) >= 11 is 0. The number of ether oxygens (including phenoxy) is 2. The van der Waals surface area contributed by atoms with Crippen molar-refractivity contribution in [3.05, 3.63) is 20.8 Å². The van der Waals surface area contributed by atoms with Crippen molar-refractivity contribution in [2.45, 2.75) is 24.9 Å². The highest BCUT2D eigenvalue weighted by molar-refractivity contribution is 5.30. The number of H-pyrrole nitrogens is 1. The van der Waals surface area contributed by atoms with Gasteiger partial charge in [0, 0.05) is 6.42 Å². The molecule has 92 valence electrons. The van der Waals surface area contributed by atoms with Gasteiger partial charge in [-0.3, -0.25) is 9.78 Å². The molecule has 0 spiro atoms. The molecule has 0 radical (unpaired) electrons. The maximum absolute atomic E-state index is 11.6. The Morgan fingerprint density at radius 3 is 2.94 bits per heavy atom. The number of hydrogen-bond donors (Lipinski definition) is 3. The first kappa shape index (κ1) is 10.4. The maximum atomic E-state index is 11.6. The summed E-state index contributed by atoms with van der Waals surface area (Å²) in [6, 6.07) is 0. The molecule has 0 aromatic carbocycles. The number of aromatic amines is 1. The van der Waals surface area contributed by atoms with Gasteiger partial charge in [0.1, 0.15) is 18.9 Å². The second-order valence-electron chi connectivity index (χ2n) is 4.03. The first-order chi connectivity index (χ1) is 8.08. The van der Waals surface area contributed by atoms with Crippen molar-refractivity contribution < 1.29 is 19.7 Å². The van der Waals surface area contributed by atoms with Crippen LogP contribution < -0.4 is 16.0 Å². The molecule has 0 amide bonds. The molecule has 8 nitrogen and oxygen atoms in total. The highest BCUT2D eigenvalue weighted by Crippen LogP contribution is 2.35. The molecule has 1 saturated heterocycles. The predicted molar refractivity (Wildman–Crippen MR) is 53.0 cm³/mol. The number of aliphatic hydroxyl groups is 1. The summed E-state index contributed by atoms with van der Waals surface area (Å²) in [5.41, 5.74) is -1.64. The lowest BCUT2D eigenvalue weighted by molar-refractivity contribution is -0.0214. The molecule has 2 bridgehead atoms. The maximum Gasteiger partial charge on any atom is 0.333 e. The van der Waals surface area contributed by atoms with Crippen molar-refractivity contribution in [2.75, 3.05) is 6.61 Å². The van der Waals surface area contributed by atoms with Gasteiger partial charge >= 0.3 is 5.69 Å². The third-order valence-corrected chi connectivity index (χ3v) is 2.95. The molecule has 0 saturated carbocycles. The number of aromatic nitrogens is 2. The lowest BCUT2D eigenvalue weighted by Gasteiger charge is -2.17. The number of aromatic hydroxyl groups is 1. The van der Waals surface area contributed by atoms with Gasteiger partial charge in [0.15, 0.2) is 0 Å². The summed E-state index contributed by atoms with van der Waals surface area (Å²) in [7, 11) is 0. The summed E-state index contributed by atoms with van der Waals surface area (Å²) in [6.45, 7) is -0.0197. The molecule has 3 heterocycles. The highest BCUT2D eigenvalue weighted by atomic mass is 16.6. The Kier molecular flexibility index (Phi) is 2.04. The molecule has 1 fully saturated rings. The van der Waals surface area contributed by atoms with Gasteiger partial charge in [0.25, 0.3) is 5.56 Å². The van der Waals surface area contributed by atoms with Crippen molar-refractivity contribution in [1.82, 2.24) is 9.55 Å². The number of aliphatic hydroxyl groups excluding tert-OH is 1. The van der Waals surface area contributed by atoms with E-state index in [2.05, 4.69) is 0 Å². The van der Waals surface area contributed by atoms with Crippen LogP contribution in [0.2, 0.25) is 0 Å². The van der Waals surface area contributed by atoms with Crippen LogP contribution in [-0.4, -0.2) is 38.6 Å². The van der Waals surface area contributed by atoms with Crippen molar-refractivity contribution in [3.63, 3.8) is 0 Å². The fourth-order valence-electron chi connectivity index (χ4n) is 2.10. The quantitative estimate of drug-likeness (QED) is 0.499. The van der Waals surface area contributed by atoms with Crippen molar-refractivity contribution in [2.24, 2.45) is 0 Å². The van der Waals surface area contributed by atoms with Crippen molar-refractivity contribution in [1.29, 1.82) is 0 Å². The molecule has 1 aromatic rings. The fraction of sp³-hybridized carbons (Fsp3) is 0.556. The van der Waals surface area contributed by atoms with E-state index in [1.165, 1.54) is 0 Å². The Labute approximate surface area is 94.0 Å². The van der Waals surface area contributed by atoms with Gasteiger partial charge in [0.2, 0.25) is 11.6 Å². The van der Waals surface area contributed by atoms with Crippen LogP contribution in [0.1, 0.15) is 12.6 Å². The van der Waals surface area contributed by atoms with E-state index in [1.54, 1.807) is 0 Å². The van der Waals surface area contributed by atoms with Gasteiger partial charge in [0.05, 0.1) is 6.10 Å². The second kappa shape index (κ2) is 3.34. The first-order valence-electron chi connectivity index (χ1n) is 5.12. The highest BCUT2D eigenvalue weighted by Gasteiger charge is 2.40. The minimum Gasteiger partial charge on any atom is -0.499 e. The van der Waals surface area contributed by atoms with Crippen LogP contribution in [0, 0.1) is 0 Å². The normalized spacial score (nSPS) is 30.5. The van der Waals surface area contributed by atoms with Crippen LogP contribution in [0.3, 0.4) is 0 Å². The molecule has 0 unspecified atom stereocenters. The Morgan fingerprint density at radius 1 is 1.41 bits per heavy atom. The van der Waals surface area contributed by atoms with E-state index in [4.69, 9.17) is 9.47 Å². The topological polar surface area (TPSA) is 114 Å². The third kappa shape index (κ3) is 1.38. The monoisotopic (exact) mass is 242 g/mol. The smallest absolute Gasteiger partial charge is 0.333 e. The zero-order chi connectivity index (χ0) is 12.2. The lowest BCUT2D eigenvalue weighted by atomic mass is 10.2. The minimum atomic E-state index is -0.903. The Hall–Kier alpha value is -1.80. The summed E-state index contributed by atoms with van der Waals surface area (Å²) in [4.78, 5) is 24.8. The van der Waals surface area contributed by atoms with Crippen LogP contribution in [0.25, 0.3) is 0 Å². The second-order valence-corrected chi connectivity index (χ2v) is 4.03. The van der Waals surface area contributed by atoms with E-state index in [0.29, 0.717) is 0 Å². The van der Waals surface area contributed by atoms with E-state index in [-0.39, 0.29) is 18.9 Å². The zero-order valence-electron chi connectivity index (χ0n) is 8.62. The minimum absolute atomic E-state index is 0.0197. The van der Waals surface area contributed by atoms with E-state index in [0.717, 1.165) is 4.57 Å². The molecule has 3 N–H and O–H groups in total. The van der Waals surface area contributed by atoms with Crippen LogP contribution in [-0.2, 0) is 4.74 Å². The summed E-state index contributed by atoms with van der Waals surface area (Å²) in [5, 5.41) is 19.2. The Morgan fingerprint density at radius 2 is 2.18 bits per heavy atom. The lowest BCUT2D eigenvalue weighted by Crippen LogP contribution is -2.34. The fourth-order valence-corrected chi connectivity index (χ4v) is 2.10. The van der Waals surface area contributed by atoms with Crippen LogP contribution in [0.5, 0.6) is 11.6 Å². The molecular formula is C9H10N2O6. The standard InChI is InChI=1S/C9H10N2O6/c12-3-1-5-11-8(16-2-4(3)17-5)6(13)7(14)10-9(11)15/h3-5,12-13H,1-2H2,(H,10,14,15)/t3-,4+,5+/m0/s1. The molecule has 1 aromatic heterocycles. The van der Waals surface area contributed by atoms with Gasteiger partial charge in [-0.1, -0.05) is 0 Å². The summed E-state index contributed by atoms with van der Waals surface area (Å²) in [6.07, 6.45) is -1.81. The van der Waals surface area contributed by atoms with Crippen LogP contribution >= 0.6 is 0 Å². The molecule has 17 heavy (non-hydrogen) atoms. The van der Waals surface area contributed by atoms with Gasteiger partial charge in [-0.2, -0.15) is 0 Å². The molecule has 2 aliphatic heterocycles. The van der Waals surface area contributed by atoms with Gasteiger partial charge in [-0.15, -0.1) is 0 Å².